The van der Waals surface area contributed by atoms with E-state index in [1.54, 1.807) is 4.90 Å². The van der Waals surface area contributed by atoms with Crippen LogP contribution in [-0.2, 0) is 9.57 Å². The quantitative estimate of drug-likeness (QED) is 0.583. The van der Waals surface area contributed by atoms with Gasteiger partial charge in [0.25, 0.3) is 0 Å². The molecule has 1 aromatic rings. The Morgan fingerprint density at radius 3 is 2.00 bits per heavy atom. The third kappa shape index (κ3) is 6.54. The summed E-state index contributed by atoms with van der Waals surface area (Å²) < 4.78 is 35.1. The number of nitrogens with zero attached hydrogens (tertiary/aromatic N) is 5. The Kier molecular flexibility index (Phi) is 8.30. The number of carbonyl (C=O) groups excluding carboxylic acids is 1. The number of halogens is 2. The number of likely N-dealkylation sites (tertiary alicyclic amines) is 1. The van der Waals surface area contributed by atoms with Crippen LogP contribution in [0.3, 0.4) is 0 Å². The van der Waals surface area contributed by atoms with Crippen molar-refractivity contribution in [3.05, 3.63) is 23.8 Å². The number of rotatable bonds is 5. The number of oxime groups is 1. The van der Waals surface area contributed by atoms with Crippen molar-refractivity contribution in [3.63, 3.8) is 0 Å². The predicted octanol–water partition coefficient (Wildman–Crippen LogP) is 3.70. The van der Waals surface area contributed by atoms with Crippen molar-refractivity contribution in [2.24, 2.45) is 5.16 Å². The summed E-state index contributed by atoms with van der Waals surface area (Å²) in [5.74, 6) is -0.767. The molecule has 0 spiro atoms. The number of anilines is 2. The fourth-order valence-electron chi connectivity index (χ4n) is 4.72. The normalized spacial score (nSPS) is 20.4. The van der Waals surface area contributed by atoms with Gasteiger partial charge in [-0.1, -0.05) is 5.16 Å². The summed E-state index contributed by atoms with van der Waals surface area (Å²) in [6.45, 7) is 9.03. The molecule has 3 saturated heterocycles. The molecular weight excluding hydrogens is 456 g/mol. The van der Waals surface area contributed by atoms with E-state index >= 15 is 0 Å². The van der Waals surface area contributed by atoms with E-state index in [-0.39, 0.29) is 29.9 Å². The zero-order valence-electron chi connectivity index (χ0n) is 21.0. The summed E-state index contributed by atoms with van der Waals surface area (Å²) in [5.41, 5.74) is 1.58. The standard InChI is InChI=1S/C25H37F2N5O3/c1-18(2)34-25(33)32-10-6-20(7-11-32)35-28-19-4-8-30(9-5-19)23-16-22(27)24(17-21(23)26)31-14-12-29(3)13-15-31/h16-18,20H,4-15H2,1-3H3. The van der Waals surface area contributed by atoms with Crippen molar-refractivity contribution in [2.45, 2.75) is 51.7 Å². The minimum atomic E-state index is -0.389. The van der Waals surface area contributed by atoms with Gasteiger partial charge in [-0.05, 0) is 20.9 Å². The molecule has 4 rings (SSSR count). The summed E-state index contributed by atoms with van der Waals surface area (Å²) >= 11 is 0. The Labute approximate surface area is 206 Å². The fourth-order valence-corrected chi connectivity index (χ4v) is 4.72. The minimum Gasteiger partial charge on any atom is -0.447 e. The molecule has 3 fully saturated rings. The van der Waals surface area contributed by atoms with E-state index in [0.29, 0.717) is 76.3 Å². The van der Waals surface area contributed by atoms with E-state index in [2.05, 4.69) is 10.1 Å². The molecular formula is C25H37F2N5O3. The van der Waals surface area contributed by atoms with Crippen LogP contribution < -0.4 is 9.80 Å². The number of hydrogen-bond donors (Lipinski definition) is 0. The largest absolute Gasteiger partial charge is 0.447 e. The average molecular weight is 494 g/mol. The summed E-state index contributed by atoms with van der Waals surface area (Å²) in [7, 11) is 2.03. The van der Waals surface area contributed by atoms with Crippen LogP contribution in [0.2, 0.25) is 0 Å². The van der Waals surface area contributed by atoms with Gasteiger partial charge in [0.1, 0.15) is 17.7 Å². The first-order chi connectivity index (χ1) is 16.8. The van der Waals surface area contributed by atoms with E-state index in [4.69, 9.17) is 9.57 Å². The number of amides is 1. The fraction of sp³-hybridized carbons (Fsp3) is 0.680. The highest BCUT2D eigenvalue weighted by molar-refractivity contribution is 5.86. The summed E-state index contributed by atoms with van der Waals surface area (Å²) in [5, 5.41) is 4.35. The Morgan fingerprint density at radius 2 is 1.46 bits per heavy atom. The van der Waals surface area contributed by atoms with E-state index in [9.17, 15) is 13.6 Å². The number of ether oxygens (including phenoxy) is 1. The summed E-state index contributed by atoms with van der Waals surface area (Å²) in [6, 6.07) is 2.67. The second-order valence-corrected chi connectivity index (χ2v) is 9.91. The van der Waals surface area contributed by atoms with Gasteiger partial charge in [-0.3, -0.25) is 0 Å². The number of piperazine rings is 1. The van der Waals surface area contributed by atoms with Crippen molar-refractivity contribution < 1.29 is 23.1 Å². The van der Waals surface area contributed by atoms with Gasteiger partial charge >= 0.3 is 6.09 Å². The Balaban J connectivity index is 1.26. The lowest BCUT2D eigenvalue weighted by molar-refractivity contribution is 0.00415. The topological polar surface area (TPSA) is 60.9 Å². The number of carbonyl (C=O) groups is 1. The molecule has 0 saturated carbocycles. The van der Waals surface area contributed by atoms with Crippen molar-refractivity contribution in [2.75, 3.05) is 69.2 Å². The van der Waals surface area contributed by atoms with Crippen LogP contribution in [0, 0.1) is 11.6 Å². The molecule has 0 atom stereocenters. The van der Waals surface area contributed by atoms with Crippen LogP contribution in [0.1, 0.15) is 39.5 Å². The maximum atomic E-state index is 15.0. The van der Waals surface area contributed by atoms with Crippen LogP contribution >= 0.6 is 0 Å². The first kappa shape index (κ1) is 25.5. The molecule has 3 aliphatic heterocycles. The Morgan fingerprint density at radius 1 is 0.914 bits per heavy atom. The summed E-state index contributed by atoms with van der Waals surface area (Å²) in [6.07, 6.45) is 2.26. The maximum absolute atomic E-state index is 15.0. The van der Waals surface area contributed by atoms with Gasteiger partial charge in [0.05, 0.1) is 23.2 Å². The molecule has 0 aliphatic carbocycles. The van der Waals surface area contributed by atoms with Crippen LogP contribution in [0.25, 0.3) is 0 Å². The van der Waals surface area contributed by atoms with E-state index in [0.717, 1.165) is 18.8 Å². The lowest BCUT2D eigenvalue weighted by Gasteiger charge is -2.35. The van der Waals surface area contributed by atoms with Gasteiger partial charge in [-0.2, -0.15) is 0 Å². The molecule has 0 N–H and O–H groups in total. The predicted molar refractivity (Wildman–Crippen MR) is 132 cm³/mol. The number of hydrogen-bond acceptors (Lipinski definition) is 7. The molecule has 1 amide bonds. The highest BCUT2D eigenvalue weighted by Gasteiger charge is 2.27. The average Bonchev–Trinajstić information content (AvgIpc) is 2.85. The van der Waals surface area contributed by atoms with Gasteiger partial charge in [-0.25, -0.2) is 13.6 Å². The molecule has 0 bridgehead atoms. The Bertz CT molecular complexity index is 903. The molecule has 3 aliphatic rings. The second kappa shape index (κ2) is 11.4. The van der Waals surface area contributed by atoms with Crippen LogP contribution in [0.15, 0.2) is 17.3 Å². The zero-order valence-corrected chi connectivity index (χ0v) is 21.0. The van der Waals surface area contributed by atoms with Crippen molar-refractivity contribution in [3.8, 4) is 0 Å². The second-order valence-electron chi connectivity index (χ2n) is 9.91. The SMILES string of the molecule is CC(C)OC(=O)N1CCC(ON=C2CCN(c3cc(F)c(N4CCN(C)CC4)cc3F)CC2)CC1. The maximum Gasteiger partial charge on any atom is 0.410 e. The highest BCUT2D eigenvalue weighted by atomic mass is 19.1. The number of benzene rings is 1. The first-order valence-corrected chi connectivity index (χ1v) is 12.6. The lowest BCUT2D eigenvalue weighted by Crippen LogP contribution is -2.45. The third-order valence-corrected chi connectivity index (χ3v) is 6.91. The van der Waals surface area contributed by atoms with Crippen LogP contribution in [-0.4, -0.2) is 93.2 Å². The molecule has 3 heterocycles. The smallest absolute Gasteiger partial charge is 0.410 e. The van der Waals surface area contributed by atoms with E-state index in [1.165, 1.54) is 12.1 Å². The van der Waals surface area contributed by atoms with Crippen LogP contribution in [0.5, 0.6) is 0 Å². The van der Waals surface area contributed by atoms with Gasteiger partial charge in [0.15, 0.2) is 0 Å². The first-order valence-electron chi connectivity index (χ1n) is 12.6. The minimum absolute atomic E-state index is 0.0303. The zero-order chi connectivity index (χ0) is 24.9. The lowest BCUT2D eigenvalue weighted by atomic mass is 10.1. The molecule has 8 nitrogen and oxygen atoms in total. The van der Waals surface area contributed by atoms with Gasteiger partial charge in [-0.15, -0.1) is 0 Å². The molecule has 0 unspecified atom stereocenters. The van der Waals surface area contributed by atoms with Gasteiger partial charge in [0.2, 0.25) is 0 Å². The molecule has 35 heavy (non-hydrogen) atoms. The Hall–Kier alpha value is -2.62. The van der Waals surface area contributed by atoms with Gasteiger partial charge in [0, 0.05) is 90.2 Å². The molecule has 1 aromatic carbocycles. The third-order valence-electron chi connectivity index (χ3n) is 6.91. The van der Waals surface area contributed by atoms with Crippen molar-refractivity contribution >= 4 is 23.2 Å². The highest BCUT2D eigenvalue weighted by Crippen LogP contribution is 2.30. The molecule has 0 aromatic heterocycles. The van der Waals surface area contributed by atoms with Crippen molar-refractivity contribution in [1.29, 1.82) is 0 Å². The monoisotopic (exact) mass is 493 g/mol. The molecule has 10 heteroatoms. The van der Waals surface area contributed by atoms with Crippen molar-refractivity contribution in [1.82, 2.24) is 9.80 Å². The van der Waals surface area contributed by atoms with E-state index < -0.39 is 0 Å². The molecule has 194 valence electrons. The van der Waals surface area contributed by atoms with Gasteiger partial charge < -0.3 is 29.2 Å². The number of likely N-dealkylation sites (N-methyl/N-ethyl adjacent to an activating group) is 1. The number of piperidine rings is 2. The van der Waals surface area contributed by atoms with Crippen LogP contribution in [0.4, 0.5) is 25.0 Å². The summed E-state index contributed by atoms with van der Waals surface area (Å²) in [4.78, 5) is 25.4. The molecule has 0 radical (unpaired) electrons. The van der Waals surface area contributed by atoms with E-state index in [1.807, 2.05) is 30.7 Å².